The van der Waals surface area contributed by atoms with Gasteiger partial charge in [-0.2, -0.15) is 0 Å². The Morgan fingerprint density at radius 2 is 1.78 bits per heavy atom. The lowest BCUT2D eigenvalue weighted by Gasteiger charge is -2.17. The highest BCUT2D eigenvalue weighted by molar-refractivity contribution is 7.71. The highest BCUT2D eigenvalue weighted by Crippen LogP contribution is 2.24. The van der Waals surface area contributed by atoms with Gasteiger partial charge >= 0.3 is 0 Å². The van der Waals surface area contributed by atoms with Crippen molar-refractivity contribution in [2.24, 2.45) is 0 Å². The summed E-state index contributed by atoms with van der Waals surface area (Å²) in [5.74, 6) is -0.211. The van der Waals surface area contributed by atoms with Crippen LogP contribution in [0.25, 0.3) is 21.7 Å². The van der Waals surface area contributed by atoms with E-state index in [1.165, 1.54) is 0 Å². The number of hydrogen-bond donors (Lipinski definition) is 3. The normalized spacial score (nSPS) is 12.2. The quantitative estimate of drug-likeness (QED) is 0.469. The van der Waals surface area contributed by atoms with Gasteiger partial charge in [0.15, 0.2) is 4.77 Å². The molecule has 1 atom stereocenters. The molecule has 0 saturated heterocycles. The first-order chi connectivity index (χ1) is 13.0. The van der Waals surface area contributed by atoms with E-state index in [0.29, 0.717) is 16.5 Å². The number of nitrogens with one attached hydrogen (secondary N) is 3. The number of benzene rings is 3. The first-order valence-corrected chi connectivity index (χ1v) is 8.98. The van der Waals surface area contributed by atoms with E-state index >= 15 is 0 Å². The van der Waals surface area contributed by atoms with E-state index in [9.17, 15) is 9.59 Å². The van der Waals surface area contributed by atoms with E-state index in [0.717, 1.165) is 16.3 Å². The number of aromatic amines is 2. The molecule has 0 saturated carbocycles. The van der Waals surface area contributed by atoms with Crippen LogP contribution in [0.15, 0.2) is 65.5 Å². The first-order valence-electron chi connectivity index (χ1n) is 8.58. The van der Waals surface area contributed by atoms with Crippen molar-refractivity contribution in [2.75, 3.05) is 0 Å². The minimum atomic E-state index is -0.273. The second-order valence-electron chi connectivity index (χ2n) is 6.43. The van der Waals surface area contributed by atoms with Crippen LogP contribution >= 0.6 is 12.2 Å². The summed E-state index contributed by atoms with van der Waals surface area (Å²) in [4.78, 5) is 30.1. The largest absolute Gasteiger partial charge is 0.345 e. The van der Waals surface area contributed by atoms with Crippen LogP contribution in [0.5, 0.6) is 0 Å². The van der Waals surface area contributed by atoms with Crippen molar-refractivity contribution in [1.29, 1.82) is 0 Å². The zero-order chi connectivity index (χ0) is 19.0. The van der Waals surface area contributed by atoms with Crippen LogP contribution in [0.3, 0.4) is 0 Å². The van der Waals surface area contributed by atoms with Crippen molar-refractivity contribution >= 4 is 39.8 Å². The number of hydrogen-bond acceptors (Lipinski definition) is 3. The molecule has 5 nitrogen and oxygen atoms in total. The van der Waals surface area contributed by atoms with Crippen molar-refractivity contribution in [3.8, 4) is 0 Å². The fourth-order valence-corrected chi connectivity index (χ4v) is 3.50. The molecule has 1 heterocycles. The van der Waals surface area contributed by atoms with Crippen LogP contribution in [0.2, 0.25) is 0 Å². The third-order valence-corrected chi connectivity index (χ3v) is 4.84. The lowest BCUT2D eigenvalue weighted by atomic mass is 9.99. The average molecular weight is 375 g/mol. The third-order valence-electron chi connectivity index (χ3n) is 4.64. The van der Waals surface area contributed by atoms with Crippen LogP contribution in [0.4, 0.5) is 0 Å². The maximum atomic E-state index is 12.7. The van der Waals surface area contributed by atoms with Gasteiger partial charge in [-0.05, 0) is 53.7 Å². The summed E-state index contributed by atoms with van der Waals surface area (Å²) in [7, 11) is 0. The van der Waals surface area contributed by atoms with E-state index in [1.54, 1.807) is 18.2 Å². The fourth-order valence-electron chi connectivity index (χ4n) is 3.30. The van der Waals surface area contributed by atoms with Crippen LogP contribution in [0.1, 0.15) is 28.9 Å². The van der Waals surface area contributed by atoms with Gasteiger partial charge in [-0.25, -0.2) is 0 Å². The van der Waals surface area contributed by atoms with Crippen LogP contribution in [-0.4, -0.2) is 15.9 Å². The smallest absolute Gasteiger partial charge is 0.259 e. The molecule has 0 radical (unpaired) electrons. The fraction of sp³-hybridized carbons (Fsp3) is 0.0952. The third kappa shape index (κ3) is 3.27. The molecular weight excluding hydrogens is 358 g/mol. The van der Waals surface area contributed by atoms with Gasteiger partial charge in [0.1, 0.15) is 0 Å². The number of fused-ring (bicyclic) bond motifs is 2. The molecule has 0 fully saturated rings. The lowest BCUT2D eigenvalue weighted by molar-refractivity contribution is 0.0940. The minimum Gasteiger partial charge on any atom is -0.345 e. The highest BCUT2D eigenvalue weighted by Gasteiger charge is 2.14. The molecule has 0 spiro atoms. The molecule has 3 N–H and O–H groups in total. The molecule has 0 aliphatic heterocycles. The van der Waals surface area contributed by atoms with Crippen LogP contribution in [-0.2, 0) is 0 Å². The Kier molecular flexibility index (Phi) is 4.33. The minimum absolute atomic E-state index is 0.169. The summed E-state index contributed by atoms with van der Waals surface area (Å²) in [5.41, 5.74) is 1.78. The molecule has 0 aliphatic carbocycles. The summed E-state index contributed by atoms with van der Waals surface area (Å²) in [6.07, 6.45) is 0. The number of aromatic nitrogens is 2. The topological polar surface area (TPSA) is 77.8 Å². The summed E-state index contributed by atoms with van der Waals surface area (Å²) < 4.78 is 0.231. The number of amides is 1. The van der Waals surface area contributed by atoms with Crippen molar-refractivity contribution in [2.45, 2.75) is 13.0 Å². The molecule has 4 rings (SSSR count). The summed E-state index contributed by atoms with van der Waals surface area (Å²) >= 11 is 5.00. The van der Waals surface area contributed by atoms with Gasteiger partial charge < -0.3 is 10.3 Å². The highest BCUT2D eigenvalue weighted by atomic mass is 32.1. The summed E-state index contributed by atoms with van der Waals surface area (Å²) in [5, 5.41) is 5.74. The van der Waals surface area contributed by atoms with E-state index in [-0.39, 0.29) is 22.3 Å². The Hall–Kier alpha value is -3.25. The van der Waals surface area contributed by atoms with Gasteiger partial charge in [0, 0.05) is 5.56 Å². The Balaban J connectivity index is 1.66. The van der Waals surface area contributed by atoms with Gasteiger partial charge in [-0.3, -0.25) is 14.6 Å². The summed E-state index contributed by atoms with van der Waals surface area (Å²) in [6, 6.07) is 18.9. The van der Waals surface area contributed by atoms with Gasteiger partial charge in [-0.1, -0.05) is 42.5 Å². The van der Waals surface area contributed by atoms with Crippen molar-refractivity contribution < 1.29 is 4.79 Å². The predicted molar refractivity (Wildman–Crippen MR) is 110 cm³/mol. The molecule has 3 aromatic carbocycles. The molecule has 134 valence electrons. The van der Waals surface area contributed by atoms with Crippen LogP contribution in [0, 0.1) is 4.77 Å². The molecule has 0 unspecified atom stereocenters. The van der Waals surface area contributed by atoms with Crippen LogP contribution < -0.4 is 10.9 Å². The number of carbonyl (C=O) groups is 1. The molecular formula is C21H17N3O2S. The van der Waals surface area contributed by atoms with E-state index < -0.39 is 0 Å². The molecule has 6 heteroatoms. The maximum absolute atomic E-state index is 12.7. The van der Waals surface area contributed by atoms with Crippen molar-refractivity contribution in [3.05, 3.63) is 86.9 Å². The van der Waals surface area contributed by atoms with E-state index in [2.05, 4.69) is 33.5 Å². The zero-order valence-corrected chi connectivity index (χ0v) is 15.4. The van der Waals surface area contributed by atoms with Gasteiger partial charge in [0.2, 0.25) is 0 Å². The van der Waals surface area contributed by atoms with E-state index in [4.69, 9.17) is 12.2 Å². The molecule has 1 aromatic heterocycles. The second-order valence-corrected chi connectivity index (χ2v) is 6.84. The van der Waals surface area contributed by atoms with Crippen molar-refractivity contribution in [3.63, 3.8) is 0 Å². The summed E-state index contributed by atoms with van der Waals surface area (Å²) in [6.45, 7) is 1.96. The molecule has 0 aliphatic rings. The SMILES string of the molecule is C[C@H](NC(=O)c1ccc2c(=O)[nH]c(=S)[nH]c2c1)c1cccc2ccccc12. The molecule has 1 amide bonds. The van der Waals surface area contributed by atoms with Gasteiger partial charge in [-0.15, -0.1) is 0 Å². The number of carbonyl (C=O) groups excluding carboxylic acids is 1. The van der Waals surface area contributed by atoms with Gasteiger partial charge in [0.05, 0.1) is 16.9 Å². The van der Waals surface area contributed by atoms with Crippen molar-refractivity contribution in [1.82, 2.24) is 15.3 Å². The lowest BCUT2D eigenvalue weighted by Crippen LogP contribution is -2.26. The molecule has 0 bridgehead atoms. The Bertz CT molecular complexity index is 1280. The number of rotatable bonds is 3. The Labute approximate surface area is 160 Å². The average Bonchev–Trinajstić information content (AvgIpc) is 2.66. The predicted octanol–water partition coefficient (Wildman–Crippen LogP) is 4.23. The molecule has 27 heavy (non-hydrogen) atoms. The van der Waals surface area contributed by atoms with Gasteiger partial charge in [0.25, 0.3) is 11.5 Å². The Morgan fingerprint density at radius 1 is 1.00 bits per heavy atom. The molecule has 4 aromatic rings. The Morgan fingerprint density at radius 3 is 2.63 bits per heavy atom. The maximum Gasteiger partial charge on any atom is 0.259 e. The standard InChI is InChI=1S/C21H17N3O2S/c1-12(15-8-4-6-13-5-2-3-7-16(13)15)22-19(25)14-9-10-17-18(11-14)23-21(27)24-20(17)26/h2-12H,1H3,(H,22,25)(H2,23,24,26,27)/t12-/m0/s1. The zero-order valence-electron chi connectivity index (χ0n) is 14.6. The first kappa shape index (κ1) is 17.2. The monoisotopic (exact) mass is 375 g/mol. The second kappa shape index (κ2) is 6.81. The van der Waals surface area contributed by atoms with E-state index in [1.807, 2.05) is 31.2 Å². The number of H-pyrrole nitrogens is 2.